The van der Waals surface area contributed by atoms with Gasteiger partial charge in [0.2, 0.25) is 0 Å². The van der Waals surface area contributed by atoms with Crippen molar-refractivity contribution in [2.75, 3.05) is 0 Å². The first-order valence-electron chi connectivity index (χ1n) is 6.01. The zero-order valence-corrected chi connectivity index (χ0v) is 10.3. The Morgan fingerprint density at radius 3 is 3.06 bits per heavy atom. The molecule has 1 aromatic heterocycles. The van der Waals surface area contributed by atoms with Crippen LogP contribution in [0.2, 0.25) is 5.02 Å². The van der Waals surface area contributed by atoms with Crippen molar-refractivity contribution in [3.8, 4) is 0 Å². The predicted molar refractivity (Wildman–Crippen MR) is 65.8 cm³/mol. The molecule has 0 saturated carbocycles. The maximum absolute atomic E-state index is 6.09. The van der Waals surface area contributed by atoms with E-state index >= 15 is 0 Å². The minimum Gasteiger partial charge on any atom is -0.227 e. The molecule has 0 unspecified atom stereocenters. The molecule has 1 aromatic carbocycles. The van der Waals surface area contributed by atoms with E-state index in [1.807, 2.05) is 6.07 Å². The van der Waals surface area contributed by atoms with Crippen LogP contribution in [0.15, 0.2) is 18.2 Å². The van der Waals surface area contributed by atoms with Gasteiger partial charge in [-0.2, -0.15) is 0 Å². The molecule has 0 atom stereocenters. The number of halogens is 1. The van der Waals surface area contributed by atoms with Crippen molar-refractivity contribution in [3.63, 3.8) is 0 Å². The minimum atomic E-state index is 0.835. The van der Waals surface area contributed by atoms with Crippen LogP contribution in [0.5, 0.6) is 0 Å². The molecule has 0 aliphatic carbocycles. The van der Waals surface area contributed by atoms with Gasteiger partial charge < -0.3 is 0 Å². The Hall–Kier alpha value is -1.02. The molecule has 0 fully saturated rings. The normalized spacial score (nSPS) is 15.4. The molecule has 0 amide bonds. The van der Waals surface area contributed by atoms with Crippen LogP contribution < -0.4 is 4.57 Å². The lowest BCUT2D eigenvalue weighted by Gasteiger charge is -2.08. The van der Waals surface area contributed by atoms with E-state index in [1.165, 1.54) is 36.1 Å². The summed E-state index contributed by atoms with van der Waals surface area (Å²) in [5.74, 6) is 1.46. The molecule has 84 valence electrons. The minimum absolute atomic E-state index is 0.835. The number of aromatic nitrogens is 2. The average molecular weight is 236 g/mol. The van der Waals surface area contributed by atoms with Gasteiger partial charge in [0.15, 0.2) is 11.0 Å². The van der Waals surface area contributed by atoms with E-state index in [-0.39, 0.29) is 0 Å². The molecular formula is C13H16ClN2+. The third-order valence-electron chi connectivity index (χ3n) is 3.49. The number of hydrogen-bond acceptors (Lipinski definition) is 0. The number of benzene rings is 1. The van der Waals surface area contributed by atoms with Crippen LogP contribution in [-0.2, 0) is 19.5 Å². The van der Waals surface area contributed by atoms with Crippen molar-refractivity contribution in [2.24, 2.45) is 0 Å². The predicted octanol–water partition coefficient (Wildman–Crippen LogP) is 2.94. The lowest BCUT2D eigenvalue weighted by atomic mass is 10.1. The number of imidazole rings is 1. The van der Waals surface area contributed by atoms with Gasteiger partial charge >= 0.3 is 0 Å². The van der Waals surface area contributed by atoms with Crippen LogP contribution in [0.3, 0.4) is 0 Å². The Labute approximate surface area is 100 Å². The van der Waals surface area contributed by atoms with E-state index < -0.39 is 0 Å². The fraction of sp³-hybridized carbons (Fsp3) is 0.462. The highest BCUT2D eigenvalue weighted by molar-refractivity contribution is 6.31. The molecule has 16 heavy (non-hydrogen) atoms. The van der Waals surface area contributed by atoms with Crippen molar-refractivity contribution in [1.29, 1.82) is 0 Å². The maximum Gasteiger partial charge on any atom is 0.257 e. The van der Waals surface area contributed by atoms with E-state index in [0.29, 0.717) is 0 Å². The van der Waals surface area contributed by atoms with E-state index in [2.05, 4.69) is 28.2 Å². The summed E-state index contributed by atoms with van der Waals surface area (Å²) in [5, 5.41) is 0.835. The van der Waals surface area contributed by atoms with Gasteiger partial charge in [0, 0.05) is 17.5 Å². The molecule has 0 spiro atoms. The zero-order chi connectivity index (χ0) is 11.1. The maximum atomic E-state index is 6.09. The molecule has 1 aliphatic heterocycles. The molecule has 3 rings (SSSR count). The van der Waals surface area contributed by atoms with Crippen LogP contribution in [0.25, 0.3) is 11.0 Å². The Balaban J connectivity index is 2.37. The Morgan fingerprint density at radius 1 is 1.38 bits per heavy atom. The zero-order valence-electron chi connectivity index (χ0n) is 9.54. The van der Waals surface area contributed by atoms with Gasteiger partial charge in [0.1, 0.15) is 0 Å². The highest BCUT2D eigenvalue weighted by atomic mass is 35.5. The van der Waals surface area contributed by atoms with Gasteiger partial charge in [-0.15, -0.1) is 0 Å². The summed E-state index contributed by atoms with van der Waals surface area (Å²) in [6.45, 7) is 4.39. The van der Waals surface area contributed by atoms with Crippen molar-refractivity contribution in [1.82, 2.24) is 4.57 Å². The van der Waals surface area contributed by atoms with Crippen LogP contribution in [0, 0.1) is 0 Å². The van der Waals surface area contributed by atoms with Crippen molar-refractivity contribution in [2.45, 2.75) is 39.3 Å². The number of hydrogen-bond donors (Lipinski definition) is 0. The summed E-state index contributed by atoms with van der Waals surface area (Å²) in [6, 6.07) is 6.23. The topological polar surface area (TPSA) is 8.81 Å². The number of fused-ring (bicyclic) bond motifs is 3. The fourth-order valence-corrected chi connectivity index (χ4v) is 2.96. The second-order valence-corrected chi connectivity index (χ2v) is 4.84. The molecule has 0 radical (unpaired) electrons. The fourth-order valence-electron chi connectivity index (χ4n) is 2.79. The summed E-state index contributed by atoms with van der Waals surface area (Å²) < 4.78 is 4.86. The van der Waals surface area contributed by atoms with Crippen molar-refractivity contribution in [3.05, 3.63) is 29.0 Å². The summed E-state index contributed by atoms with van der Waals surface area (Å²) in [6.07, 6.45) is 3.79. The molecule has 0 saturated heterocycles. The third-order valence-corrected chi connectivity index (χ3v) is 3.73. The molecule has 2 nitrogen and oxygen atoms in total. The largest absolute Gasteiger partial charge is 0.257 e. The van der Waals surface area contributed by atoms with E-state index in [0.717, 1.165) is 18.1 Å². The summed E-state index contributed by atoms with van der Waals surface area (Å²) in [5.41, 5.74) is 2.62. The van der Waals surface area contributed by atoms with Gasteiger partial charge in [0.05, 0.1) is 13.1 Å². The SMILES string of the molecule is CC[n+]1c2n(c3cc(Cl)ccc31)CCCC2. The van der Waals surface area contributed by atoms with Gasteiger partial charge in [0.25, 0.3) is 5.82 Å². The molecular weight excluding hydrogens is 220 g/mol. The first-order chi connectivity index (χ1) is 7.81. The first-order valence-corrected chi connectivity index (χ1v) is 6.39. The Morgan fingerprint density at radius 2 is 2.25 bits per heavy atom. The molecule has 3 heteroatoms. The third kappa shape index (κ3) is 1.36. The van der Waals surface area contributed by atoms with Crippen molar-refractivity contribution >= 4 is 22.6 Å². The second-order valence-electron chi connectivity index (χ2n) is 4.40. The van der Waals surface area contributed by atoms with Crippen LogP contribution in [0.4, 0.5) is 0 Å². The molecule has 2 aromatic rings. The molecule has 2 heterocycles. The first kappa shape index (κ1) is 10.2. The van der Waals surface area contributed by atoms with Gasteiger partial charge in [-0.1, -0.05) is 11.6 Å². The van der Waals surface area contributed by atoms with E-state index in [4.69, 9.17) is 11.6 Å². The van der Waals surface area contributed by atoms with Crippen LogP contribution in [0.1, 0.15) is 25.6 Å². The van der Waals surface area contributed by atoms with Gasteiger partial charge in [-0.25, -0.2) is 9.13 Å². The number of nitrogens with zero attached hydrogens (tertiary/aromatic N) is 2. The lowest BCUT2D eigenvalue weighted by Crippen LogP contribution is -2.37. The lowest BCUT2D eigenvalue weighted by molar-refractivity contribution is -0.676. The molecule has 1 aliphatic rings. The highest BCUT2D eigenvalue weighted by Crippen LogP contribution is 2.23. The highest BCUT2D eigenvalue weighted by Gasteiger charge is 2.26. The molecule has 0 bridgehead atoms. The smallest absolute Gasteiger partial charge is 0.227 e. The summed E-state index contributed by atoms with van der Waals surface area (Å²) in [7, 11) is 0. The number of aryl methyl sites for hydroxylation is 2. The average Bonchev–Trinajstić information content (AvgIpc) is 2.62. The van der Waals surface area contributed by atoms with Gasteiger partial charge in [-0.3, -0.25) is 0 Å². The standard InChI is InChI=1S/C13H16ClN2/c1-2-15-11-7-6-10(14)9-12(11)16-8-4-3-5-13(15)16/h6-7,9H,2-5,8H2,1H3/q+1. The molecule has 0 N–H and O–H groups in total. The van der Waals surface area contributed by atoms with Crippen molar-refractivity contribution < 1.29 is 4.57 Å². The summed E-state index contributed by atoms with van der Waals surface area (Å²) in [4.78, 5) is 0. The monoisotopic (exact) mass is 235 g/mol. The second kappa shape index (κ2) is 3.77. The Bertz CT molecular complexity index is 542. The van der Waals surface area contributed by atoms with Gasteiger partial charge in [-0.05, 0) is 31.9 Å². The van der Waals surface area contributed by atoms with Crippen LogP contribution >= 0.6 is 11.6 Å². The quantitative estimate of drug-likeness (QED) is 0.672. The summed E-state index contributed by atoms with van der Waals surface area (Å²) >= 11 is 6.09. The van der Waals surface area contributed by atoms with E-state index in [1.54, 1.807) is 0 Å². The van der Waals surface area contributed by atoms with Crippen LogP contribution in [-0.4, -0.2) is 4.57 Å². The van der Waals surface area contributed by atoms with E-state index in [9.17, 15) is 0 Å². The Kier molecular flexibility index (Phi) is 2.40. The number of rotatable bonds is 1.